The van der Waals surface area contributed by atoms with Crippen molar-refractivity contribution in [2.75, 3.05) is 19.0 Å². The van der Waals surface area contributed by atoms with Crippen LogP contribution in [-0.2, 0) is 4.79 Å². The van der Waals surface area contributed by atoms with Crippen LogP contribution >= 0.6 is 0 Å². The van der Waals surface area contributed by atoms with E-state index in [4.69, 9.17) is 4.74 Å². The molecule has 5 nitrogen and oxygen atoms in total. The summed E-state index contributed by atoms with van der Waals surface area (Å²) in [5, 5.41) is 5.56. The van der Waals surface area contributed by atoms with Crippen LogP contribution in [0.1, 0.15) is 17.3 Å². The van der Waals surface area contributed by atoms with Crippen molar-refractivity contribution in [1.29, 1.82) is 0 Å². The van der Waals surface area contributed by atoms with Gasteiger partial charge in [-0.05, 0) is 32.2 Å². The Kier molecular flexibility index (Phi) is 3.10. The molecule has 1 aliphatic rings. The number of likely N-dealkylation sites (N-methyl/N-ethyl adjacent to an activating group) is 1. The second-order valence-electron chi connectivity index (χ2n) is 3.92. The third kappa shape index (κ3) is 2.29. The van der Waals surface area contributed by atoms with Crippen molar-refractivity contribution in [3.8, 4) is 5.75 Å². The lowest BCUT2D eigenvalue weighted by Crippen LogP contribution is -2.31. The molecule has 2 N–H and O–H groups in total. The van der Waals surface area contributed by atoms with Gasteiger partial charge < -0.3 is 15.4 Å². The van der Waals surface area contributed by atoms with E-state index in [0.717, 1.165) is 0 Å². The van der Waals surface area contributed by atoms with Crippen molar-refractivity contribution in [3.63, 3.8) is 0 Å². The number of benzene rings is 1. The van der Waals surface area contributed by atoms with Crippen molar-refractivity contribution < 1.29 is 14.3 Å². The van der Waals surface area contributed by atoms with Gasteiger partial charge in [0.25, 0.3) is 5.91 Å². The van der Waals surface area contributed by atoms with E-state index >= 15 is 0 Å². The molecule has 1 unspecified atom stereocenters. The van der Waals surface area contributed by atoms with Crippen LogP contribution < -0.4 is 15.4 Å². The third-order valence-electron chi connectivity index (χ3n) is 2.72. The SMILES string of the molecule is CNC(C)C(=O)c1ccc2c(c1)NC(=O)CO2. The normalized spacial score (nSPS) is 15.5. The summed E-state index contributed by atoms with van der Waals surface area (Å²) in [5.41, 5.74) is 1.10. The van der Waals surface area contributed by atoms with E-state index < -0.39 is 0 Å². The Morgan fingerprint density at radius 2 is 2.29 bits per heavy atom. The highest BCUT2D eigenvalue weighted by molar-refractivity contribution is 6.03. The van der Waals surface area contributed by atoms with Crippen LogP contribution in [0.3, 0.4) is 0 Å². The number of hydrogen-bond acceptors (Lipinski definition) is 4. The van der Waals surface area contributed by atoms with Gasteiger partial charge in [0, 0.05) is 5.56 Å². The second-order valence-corrected chi connectivity index (χ2v) is 3.92. The molecule has 5 heteroatoms. The number of hydrogen-bond donors (Lipinski definition) is 2. The van der Waals surface area contributed by atoms with Gasteiger partial charge in [-0.15, -0.1) is 0 Å². The van der Waals surface area contributed by atoms with E-state index in [1.807, 2.05) is 0 Å². The van der Waals surface area contributed by atoms with Crippen LogP contribution in [0.25, 0.3) is 0 Å². The lowest BCUT2D eigenvalue weighted by Gasteiger charge is -2.19. The van der Waals surface area contributed by atoms with E-state index in [2.05, 4.69) is 10.6 Å². The Balaban J connectivity index is 2.30. The maximum absolute atomic E-state index is 11.9. The first-order chi connectivity index (χ1) is 8.11. The van der Waals surface area contributed by atoms with Crippen LogP contribution in [0.2, 0.25) is 0 Å². The highest BCUT2D eigenvalue weighted by Gasteiger charge is 2.19. The Bertz CT molecular complexity index is 471. The molecular formula is C12H14N2O3. The fraction of sp³-hybridized carbons (Fsp3) is 0.333. The molecular weight excluding hydrogens is 220 g/mol. The average Bonchev–Trinajstić information content (AvgIpc) is 2.36. The molecule has 0 fully saturated rings. The van der Waals surface area contributed by atoms with Gasteiger partial charge in [-0.2, -0.15) is 0 Å². The molecule has 1 heterocycles. The summed E-state index contributed by atoms with van der Waals surface area (Å²) in [6.07, 6.45) is 0. The molecule has 0 bridgehead atoms. The highest BCUT2D eigenvalue weighted by atomic mass is 16.5. The number of rotatable bonds is 3. The van der Waals surface area contributed by atoms with Crippen molar-refractivity contribution in [1.82, 2.24) is 5.32 Å². The maximum atomic E-state index is 11.9. The van der Waals surface area contributed by atoms with Crippen LogP contribution in [-0.4, -0.2) is 31.4 Å². The fourth-order valence-electron chi connectivity index (χ4n) is 1.62. The Hall–Kier alpha value is -1.88. The van der Waals surface area contributed by atoms with Gasteiger partial charge in [0.15, 0.2) is 12.4 Å². The molecule has 17 heavy (non-hydrogen) atoms. The minimum absolute atomic E-state index is 0.0184. The van der Waals surface area contributed by atoms with Gasteiger partial charge in [-0.3, -0.25) is 9.59 Å². The van der Waals surface area contributed by atoms with Gasteiger partial charge in [0.05, 0.1) is 11.7 Å². The second kappa shape index (κ2) is 4.55. The zero-order chi connectivity index (χ0) is 12.4. The number of ether oxygens (including phenoxy) is 1. The molecule has 1 atom stereocenters. The van der Waals surface area contributed by atoms with Crippen molar-refractivity contribution in [2.45, 2.75) is 13.0 Å². The van der Waals surface area contributed by atoms with Crippen LogP contribution in [0.15, 0.2) is 18.2 Å². The Morgan fingerprint density at radius 1 is 1.53 bits per heavy atom. The lowest BCUT2D eigenvalue weighted by molar-refractivity contribution is -0.118. The number of carbonyl (C=O) groups is 2. The molecule has 90 valence electrons. The minimum Gasteiger partial charge on any atom is -0.482 e. The first-order valence-electron chi connectivity index (χ1n) is 5.40. The number of amides is 1. The van der Waals surface area contributed by atoms with Crippen molar-refractivity contribution >= 4 is 17.4 Å². The minimum atomic E-state index is -0.256. The van der Waals surface area contributed by atoms with Crippen molar-refractivity contribution in [3.05, 3.63) is 23.8 Å². The van der Waals surface area contributed by atoms with E-state index in [1.54, 1.807) is 32.2 Å². The predicted molar refractivity (Wildman–Crippen MR) is 63.4 cm³/mol. The molecule has 1 aromatic rings. The molecule has 0 saturated carbocycles. The molecule has 2 rings (SSSR count). The van der Waals surface area contributed by atoms with E-state index in [9.17, 15) is 9.59 Å². The van der Waals surface area contributed by atoms with E-state index in [-0.39, 0.29) is 24.3 Å². The van der Waals surface area contributed by atoms with E-state index in [0.29, 0.717) is 17.0 Å². The topological polar surface area (TPSA) is 67.4 Å². The van der Waals surface area contributed by atoms with Gasteiger partial charge in [-0.1, -0.05) is 0 Å². The molecule has 0 spiro atoms. The Labute approximate surface area is 99.2 Å². The monoisotopic (exact) mass is 234 g/mol. The number of anilines is 1. The first kappa shape index (κ1) is 11.6. The molecule has 1 aromatic carbocycles. The first-order valence-corrected chi connectivity index (χ1v) is 5.40. The van der Waals surface area contributed by atoms with Crippen LogP contribution in [0.4, 0.5) is 5.69 Å². The summed E-state index contributed by atoms with van der Waals surface area (Å²) in [6, 6.07) is 4.78. The number of ketones is 1. The van der Waals surface area contributed by atoms with Gasteiger partial charge in [0.2, 0.25) is 0 Å². The fourth-order valence-corrected chi connectivity index (χ4v) is 1.62. The molecule has 0 aromatic heterocycles. The lowest BCUT2D eigenvalue weighted by atomic mass is 10.0. The molecule has 0 aliphatic carbocycles. The van der Waals surface area contributed by atoms with Crippen LogP contribution in [0, 0.1) is 0 Å². The number of fused-ring (bicyclic) bond motifs is 1. The third-order valence-corrected chi connectivity index (χ3v) is 2.72. The molecule has 1 amide bonds. The summed E-state index contributed by atoms with van der Waals surface area (Å²) in [6.45, 7) is 1.81. The van der Waals surface area contributed by atoms with Crippen LogP contribution in [0.5, 0.6) is 5.75 Å². The highest BCUT2D eigenvalue weighted by Crippen LogP contribution is 2.28. The number of Topliss-reactive ketones (excluding diaryl/α,β-unsaturated/α-hetero) is 1. The molecule has 1 aliphatic heterocycles. The zero-order valence-corrected chi connectivity index (χ0v) is 9.74. The molecule has 0 saturated heterocycles. The quantitative estimate of drug-likeness (QED) is 0.759. The average molecular weight is 234 g/mol. The van der Waals surface area contributed by atoms with Gasteiger partial charge >= 0.3 is 0 Å². The van der Waals surface area contributed by atoms with Crippen molar-refractivity contribution in [2.24, 2.45) is 0 Å². The number of nitrogens with one attached hydrogen (secondary N) is 2. The summed E-state index contributed by atoms with van der Waals surface area (Å²) < 4.78 is 5.22. The predicted octanol–water partition coefficient (Wildman–Crippen LogP) is 0.808. The smallest absolute Gasteiger partial charge is 0.262 e. The summed E-state index contributed by atoms with van der Waals surface area (Å²) >= 11 is 0. The van der Waals surface area contributed by atoms with Gasteiger partial charge in [0.1, 0.15) is 5.75 Å². The molecule has 0 radical (unpaired) electrons. The summed E-state index contributed by atoms with van der Waals surface area (Å²) in [4.78, 5) is 23.1. The van der Waals surface area contributed by atoms with Gasteiger partial charge in [-0.25, -0.2) is 0 Å². The zero-order valence-electron chi connectivity index (χ0n) is 9.74. The Morgan fingerprint density at radius 3 is 3.00 bits per heavy atom. The largest absolute Gasteiger partial charge is 0.482 e. The summed E-state index contributed by atoms with van der Waals surface area (Å²) in [7, 11) is 1.73. The van der Waals surface area contributed by atoms with E-state index in [1.165, 1.54) is 0 Å². The maximum Gasteiger partial charge on any atom is 0.262 e. The standard InChI is InChI=1S/C12H14N2O3/c1-7(13-2)12(16)8-3-4-10-9(5-8)14-11(15)6-17-10/h3-5,7,13H,6H2,1-2H3,(H,14,15). The number of carbonyl (C=O) groups excluding carboxylic acids is 2. The summed E-state index contributed by atoms with van der Waals surface area (Å²) in [5.74, 6) is 0.372.